The molecular weight excluding hydrogens is 330 g/mol. The molecule has 3 aromatic rings. The molecule has 0 radical (unpaired) electrons. The highest BCUT2D eigenvalue weighted by Crippen LogP contribution is 2.21. The highest BCUT2D eigenvalue weighted by molar-refractivity contribution is 6.05. The van der Waals surface area contributed by atoms with Crippen LogP contribution in [-0.2, 0) is 0 Å². The van der Waals surface area contributed by atoms with Gasteiger partial charge < -0.3 is 5.32 Å². The van der Waals surface area contributed by atoms with Crippen molar-refractivity contribution in [2.45, 2.75) is 26.8 Å². The molecule has 0 fully saturated rings. The minimum atomic E-state index is -0.267. The summed E-state index contributed by atoms with van der Waals surface area (Å²) in [6.45, 7) is 5.46. The highest BCUT2D eigenvalue weighted by Gasteiger charge is 2.14. The van der Waals surface area contributed by atoms with Crippen molar-refractivity contribution in [1.29, 1.82) is 0 Å². The van der Waals surface area contributed by atoms with Gasteiger partial charge in [-0.3, -0.25) is 9.59 Å². The lowest BCUT2D eigenvalue weighted by molar-refractivity contribution is 0.101. The number of rotatable bonds is 5. The van der Waals surface area contributed by atoms with Crippen LogP contribution in [-0.4, -0.2) is 31.9 Å². The molecule has 0 bridgehead atoms. The second-order valence-electron chi connectivity index (χ2n) is 6.21. The number of carbonyl (C=O) groups excluding carboxylic acids is 2. The van der Waals surface area contributed by atoms with E-state index in [4.69, 9.17) is 0 Å². The summed E-state index contributed by atoms with van der Waals surface area (Å²) in [5.74, 6) is 0.285. The minimum absolute atomic E-state index is 0.0522. The number of benzene rings is 2. The van der Waals surface area contributed by atoms with Crippen LogP contribution in [0.4, 0.5) is 5.69 Å². The molecule has 1 heterocycles. The Morgan fingerprint density at radius 3 is 2.50 bits per heavy atom. The van der Waals surface area contributed by atoms with E-state index < -0.39 is 0 Å². The van der Waals surface area contributed by atoms with E-state index in [1.807, 2.05) is 19.9 Å². The van der Waals surface area contributed by atoms with Crippen LogP contribution in [0.15, 0.2) is 48.5 Å². The maximum Gasteiger partial charge on any atom is 0.255 e. The summed E-state index contributed by atoms with van der Waals surface area (Å²) >= 11 is 0. The molecule has 0 aliphatic carbocycles. The van der Waals surface area contributed by atoms with Crippen molar-refractivity contribution in [1.82, 2.24) is 20.2 Å². The van der Waals surface area contributed by atoms with Crippen LogP contribution in [0.5, 0.6) is 0 Å². The van der Waals surface area contributed by atoms with Crippen molar-refractivity contribution in [3.8, 4) is 11.4 Å². The smallest absolute Gasteiger partial charge is 0.255 e. The third-order valence-corrected chi connectivity index (χ3v) is 3.89. The van der Waals surface area contributed by atoms with Crippen LogP contribution in [0.25, 0.3) is 11.4 Å². The summed E-state index contributed by atoms with van der Waals surface area (Å²) in [5, 5.41) is 14.6. The fourth-order valence-corrected chi connectivity index (χ4v) is 2.55. The third kappa shape index (κ3) is 3.66. The van der Waals surface area contributed by atoms with E-state index in [1.54, 1.807) is 47.1 Å². The Balaban J connectivity index is 1.86. The van der Waals surface area contributed by atoms with Crippen LogP contribution in [0.3, 0.4) is 0 Å². The van der Waals surface area contributed by atoms with Crippen molar-refractivity contribution in [2.75, 3.05) is 5.32 Å². The van der Waals surface area contributed by atoms with Crippen molar-refractivity contribution in [3.05, 3.63) is 59.7 Å². The fourth-order valence-electron chi connectivity index (χ4n) is 2.55. The van der Waals surface area contributed by atoms with Gasteiger partial charge in [0.2, 0.25) is 0 Å². The molecule has 26 heavy (non-hydrogen) atoms. The van der Waals surface area contributed by atoms with Gasteiger partial charge in [0.15, 0.2) is 11.6 Å². The van der Waals surface area contributed by atoms with Crippen LogP contribution in [0.1, 0.15) is 47.5 Å². The average Bonchev–Trinajstić information content (AvgIpc) is 3.12. The summed E-state index contributed by atoms with van der Waals surface area (Å²) in [6, 6.07) is 14.1. The number of amides is 1. The molecule has 1 aromatic heterocycles. The lowest BCUT2D eigenvalue weighted by Gasteiger charge is -2.10. The number of hydrogen-bond acceptors (Lipinski definition) is 5. The Morgan fingerprint density at radius 1 is 1.04 bits per heavy atom. The highest BCUT2D eigenvalue weighted by atomic mass is 16.1. The molecule has 1 amide bonds. The van der Waals surface area contributed by atoms with Gasteiger partial charge in [-0.2, -0.15) is 0 Å². The van der Waals surface area contributed by atoms with Gasteiger partial charge in [-0.05, 0) is 55.5 Å². The quantitative estimate of drug-likeness (QED) is 0.713. The predicted molar refractivity (Wildman–Crippen MR) is 98.0 cm³/mol. The SMILES string of the molecule is CC(=O)c1cccc(NC(=O)c2cccc(-c3nnnn3C(C)C)c2)c1. The summed E-state index contributed by atoms with van der Waals surface area (Å²) in [7, 11) is 0. The van der Waals surface area contributed by atoms with Gasteiger partial charge in [0.05, 0.1) is 6.04 Å². The maximum atomic E-state index is 12.6. The second-order valence-corrected chi connectivity index (χ2v) is 6.21. The Morgan fingerprint density at radius 2 is 1.77 bits per heavy atom. The predicted octanol–water partition coefficient (Wildman–Crippen LogP) is 3.38. The number of carbonyl (C=O) groups is 2. The zero-order valence-electron chi connectivity index (χ0n) is 14.8. The molecule has 132 valence electrons. The lowest BCUT2D eigenvalue weighted by Crippen LogP contribution is -2.12. The van der Waals surface area contributed by atoms with Gasteiger partial charge in [0.25, 0.3) is 5.91 Å². The molecule has 7 nitrogen and oxygen atoms in total. The number of Topliss-reactive ketones (excluding diaryl/α,β-unsaturated/α-hetero) is 1. The Hall–Kier alpha value is -3.35. The molecule has 7 heteroatoms. The molecule has 0 atom stereocenters. The average molecular weight is 349 g/mol. The minimum Gasteiger partial charge on any atom is -0.322 e. The zero-order valence-corrected chi connectivity index (χ0v) is 14.8. The molecule has 0 spiro atoms. The summed E-state index contributed by atoms with van der Waals surface area (Å²) in [4.78, 5) is 24.1. The molecule has 2 aromatic carbocycles. The van der Waals surface area contributed by atoms with Crippen molar-refractivity contribution in [3.63, 3.8) is 0 Å². The first-order valence-electron chi connectivity index (χ1n) is 8.26. The Bertz CT molecular complexity index is 962. The largest absolute Gasteiger partial charge is 0.322 e. The zero-order chi connectivity index (χ0) is 18.7. The summed E-state index contributed by atoms with van der Waals surface area (Å²) in [5.41, 5.74) is 2.36. The van der Waals surface area contributed by atoms with E-state index in [1.165, 1.54) is 6.92 Å². The number of anilines is 1. The molecule has 0 unspecified atom stereocenters. The number of nitrogens with one attached hydrogen (secondary N) is 1. The van der Waals surface area contributed by atoms with Gasteiger partial charge in [0.1, 0.15) is 0 Å². The van der Waals surface area contributed by atoms with E-state index in [0.717, 1.165) is 5.56 Å². The second kappa shape index (κ2) is 7.26. The number of nitrogens with zero attached hydrogens (tertiary/aromatic N) is 4. The molecule has 0 saturated carbocycles. The number of aromatic nitrogens is 4. The van der Waals surface area contributed by atoms with Gasteiger partial charge in [-0.25, -0.2) is 4.68 Å². The maximum absolute atomic E-state index is 12.6. The van der Waals surface area contributed by atoms with E-state index in [-0.39, 0.29) is 17.7 Å². The molecule has 3 rings (SSSR count). The number of hydrogen-bond donors (Lipinski definition) is 1. The molecule has 1 N–H and O–H groups in total. The van der Waals surface area contributed by atoms with Gasteiger partial charge in [0, 0.05) is 22.4 Å². The molecule has 0 saturated heterocycles. The van der Waals surface area contributed by atoms with Gasteiger partial charge in [-0.15, -0.1) is 5.10 Å². The topological polar surface area (TPSA) is 89.8 Å². The van der Waals surface area contributed by atoms with Crippen molar-refractivity contribution in [2.24, 2.45) is 0 Å². The first kappa shape index (κ1) is 17.5. The first-order valence-corrected chi connectivity index (χ1v) is 8.26. The van der Waals surface area contributed by atoms with Crippen molar-refractivity contribution >= 4 is 17.4 Å². The van der Waals surface area contributed by atoms with E-state index >= 15 is 0 Å². The lowest BCUT2D eigenvalue weighted by atomic mass is 10.1. The van der Waals surface area contributed by atoms with E-state index in [9.17, 15) is 9.59 Å². The van der Waals surface area contributed by atoms with Crippen LogP contribution in [0, 0.1) is 0 Å². The normalized spacial score (nSPS) is 10.8. The number of ketones is 1. The van der Waals surface area contributed by atoms with Gasteiger partial charge in [-0.1, -0.05) is 24.3 Å². The Kier molecular flexibility index (Phi) is 4.88. The van der Waals surface area contributed by atoms with Gasteiger partial charge >= 0.3 is 0 Å². The standard InChI is InChI=1S/C19H19N5O2/c1-12(2)24-18(21-22-23-24)15-7-4-8-16(10-15)19(26)20-17-9-5-6-14(11-17)13(3)25/h4-12H,1-3H3,(H,20,26). The Labute approximate surface area is 151 Å². The van der Waals surface area contributed by atoms with Crippen LogP contribution >= 0.6 is 0 Å². The molecule has 0 aliphatic rings. The molecular formula is C19H19N5O2. The third-order valence-electron chi connectivity index (χ3n) is 3.89. The summed E-state index contributed by atoms with van der Waals surface area (Å²) < 4.78 is 1.70. The molecule has 0 aliphatic heterocycles. The van der Waals surface area contributed by atoms with Crippen molar-refractivity contribution < 1.29 is 9.59 Å². The first-order chi connectivity index (χ1) is 12.5. The fraction of sp³-hybridized carbons (Fsp3) is 0.211. The number of tetrazole rings is 1. The van der Waals surface area contributed by atoms with Crippen LogP contribution in [0.2, 0.25) is 0 Å². The summed E-state index contributed by atoms with van der Waals surface area (Å²) in [6.07, 6.45) is 0. The van der Waals surface area contributed by atoms with E-state index in [0.29, 0.717) is 22.6 Å². The van der Waals surface area contributed by atoms with E-state index in [2.05, 4.69) is 20.8 Å². The van der Waals surface area contributed by atoms with Crippen LogP contribution < -0.4 is 5.32 Å². The monoisotopic (exact) mass is 349 g/mol.